The molecule has 21 heavy (non-hydrogen) atoms. The van der Waals surface area contributed by atoms with Crippen LogP contribution in [0.3, 0.4) is 0 Å². The second kappa shape index (κ2) is 5.45. The number of anilines is 1. The lowest BCUT2D eigenvalue weighted by atomic mass is 9.93. The Balaban J connectivity index is 1.30. The van der Waals surface area contributed by atoms with Gasteiger partial charge in [-0.15, -0.1) is 0 Å². The van der Waals surface area contributed by atoms with E-state index in [1.54, 1.807) is 12.1 Å². The molecule has 3 atom stereocenters. The summed E-state index contributed by atoms with van der Waals surface area (Å²) in [5.74, 6) is 2.46. The van der Waals surface area contributed by atoms with Crippen molar-refractivity contribution in [3.8, 4) is 0 Å². The first-order valence-corrected chi connectivity index (χ1v) is 8.19. The van der Waals surface area contributed by atoms with Crippen LogP contribution in [0.2, 0.25) is 0 Å². The van der Waals surface area contributed by atoms with Crippen LogP contribution in [-0.4, -0.2) is 37.6 Å². The van der Waals surface area contributed by atoms with Gasteiger partial charge in [-0.3, -0.25) is 4.90 Å². The molecule has 2 aliphatic carbocycles. The molecule has 0 radical (unpaired) electrons. The van der Waals surface area contributed by atoms with Crippen LogP contribution in [0.25, 0.3) is 0 Å². The first kappa shape index (κ1) is 13.3. The van der Waals surface area contributed by atoms with E-state index in [1.165, 1.54) is 19.4 Å². The summed E-state index contributed by atoms with van der Waals surface area (Å²) in [5.41, 5.74) is 1.15. The molecule has 2 nitrogen and oxygen atoms in total. The highest BCUT2D eigenvalue weighted by molar-refractivity contribution is 5.46. The number of hydrogen-bond donors (Lipinski definition) is 0. The van der Waals surface area contributed by atoms with E-state index in [4.69, 9.17) is 0 Å². The van der Waals surface area contributed by atoms with Crippen LogP contribution in [-0.2, 0) is 0 Å². The molecule has 112 valence electrons. The minimum atomic E-state index is -0.151. The third kappa shape index (κ3) is 2.71. The molecular weight excluding hydrogens is 263 g/mol. The minimum Gasteiger partial charge on any atom is -0.369 e. The van der Waals surface area contributed by atoms with E-state index < -0.39 is 0 Å². The van der Waals surface area contributed by atoms with E-state index in [2.05, 4.69) is 22.0 Å². The van der Waals surface area contributed by atoms with Gasteiger partial charge in [0.05, 0.1) is 0 Å². The van der Waals surface area contributed by atoms with Crippen molar-refractivity contribution in [2.24, 2.45) is 17.8 Å². The van der Waals surface area contributed by atoms with Crippen molar-refractivity contribution in [1.82, 2.24) is 4.90 Å². The molecule has 0 spiro atoms. The van der Waals surface area contributed by atoms with Crippen molar-refractivity contribution in [3.63, 3.8) is 0 Å². The third-order valence-electron chi connectivity index (χ3n) is 5.47. The van der Waals surface area contributed by atoms with Gasteiger partial charge in [-0.05, 0) is 54.9 Å². The van der Waals surface area contributed by atoms with Crippen molar-refractivity contribution < 1.29 is 4.39 Å². The summed E-state index contributed by atoms with van der Waals surface area (Å²) >= 11 is 0. The maximum absolute atomic E-state index is 13.0. The maximum atomic E-state index is 13.0. The molecule has 3 heteroatoms. The predicted molar refractivity (Wildman–Crippen MR) is 83.9 cm³/mol. The lowest BCUT2D eigenvalue weighted by Gasteiger charge is -2.38. The van der Waals surface area contributed by atoms with Gasteiger partial charge in [0.25, 0.3) is 0 Å². The van der Waals surface area contributed by atoms with E-state index in [9.17, 15) is 4.39 Å². The molecule has 0 amide bonds. The fraction of sp³-hybridized carbons (Fsp3) is 0.556. The van der Waals surface area contributed by atoms with E-state index in [1.807, 2.05) is 12.1 Å². The maximum Gasteiger partial charge on any atom is 0.123 e. The normalized spacial score (nSPS) is 32.0. The predicted octanol–water partition coefficient (Wildman–Crippen LogP) is 3.16. The Morgan fingerprint density at radius 1 is 0.952 bits per heavy atom. The molecule has 1 aliphatic heterocycles. The molecule has 3 aliphatic rings. The molecule has 1 heterocycles. The van der Waals surface area contributed by atoms with Gasteiger partial charge in [-0.1, -0.05) is 12.2 Å². The van der Waals surface area contributed by atoms with Gasteiger partial charge < -0.3 is 4.90 Å². The van der Waals surface area contributed by atoms with E-state index >= 15 is 0 Å². The number of benzene rings is 1. The van der Waals surface area contributed by atoms with Crippen LogP contribution in [0.15, 0.2) is 36.4 Å². The van der Waals surface area contributed by atoms with Crippen LogP contribution in [0, 0.1) is 23.6 Å². The lowest BCUT2D eigenvalue weighted by Crippen LogP contribution is -2.48. The fourth-order valence-corrected chi connectivity index (χ4v) is 4.28. The molecule has 1 saturated heterocycles. The van der Waals surface area contributed by atoms with Crippen molar-refractivity contribution in [3.05, 3.63) is 42.2 Å². The summed E-state index contributed by atoms with van der Waals surface area (Å²) in [4.78, 5) is 5.00. The van der Waals surface area contributed by atoms with Crippen LogP contribution >= 0.6 is 0 Å². The van der Waals surface area contributed by atoms with Crippen LogP contribution in [0.1, 0.15) is 12.8 Å². The topological polar surface area (TPSA) is 6.48 Å². The monoisotopic (exact) mass is 286 g/mol. The Morgan fingerprint density at radius 2 is 1.71 bits per heavy atom. The molecule has 1 aromatic carbocycles. The largest absolute Gasteiger partial charge is 0.369 e. The van der Waals surface area contributed by atoms with Crippen molar-refractivity contribution in [2.45, 2.75) is 12.8 Å². The average Bonchev–Trinajstić information content (AvgIpc) is 3.12. The number of halogens is 1. The smallest absolute Gasteiger partial charge is 0.123 e. The number of hydrogen-bond acceptors (Lipinski definition) is 2. The number of allylic oxidation sites excluding steroid dienone is 2. The highest BCUT2D eigenvalue weighted by Gasteiger charge is 2.36. The summed E-state index contributed by atoms with van der Waals surface area (Å²) < 4.78 is 13.0. The molecule has 4 rings (SSSR count). The summed E-state index contributed by atoms with van der Waals surface area (Å²) in [6.07, 6.45) is 7.68. The van der Waals surface area contributed by atoms with Gasteiger partial charge in [0, 0.05) is 38.4 Å². The quantitative estimate of drug-likeness (QED) is 0.788. The Labute approximate surface area is 126 Å². The fourth-order valence-electron chi connectivity index (χ4n) is 4.28. The zero-order chi connectivity index (χ0) is 14.2. The van der Waals surface area contributed by atoms with Gasteiger partial charge in [0.1, 0.15) is 5.82 Å². The molecule has 0 N–H and O–H groups in total. The highest BCUT2D eigenvalue weighted by Crippen LogP contribution is 2.43. The molecule has 1 aromatic rings. The Morgan fingerprint density at radius 3 is 2.33 bits per heavy atom. The summed E-state index contributed by atoms with van der Waals surface area (Å²) in [7, 11) is 0. The molecule has 2 bridgehead atoms. The van der Waals surface area contributed by atoms with Crippen molar-refractivity contribution in [1.29, 1.82) is 0 Å². The number of fused-ring (bicyclic) bond motifs is 2. The number of nitrogens with zero attached hydrogens (tertiary/aromatic N) is 2. The van der Waals surface area contributed by atoms with Gasteiger partial charge in [0.2, 0.25) is 0 Å². The van der Waals surface area contributed by atoms with Crippen molar-refractivity contribution >= 4 is 5.69 Å². The number of rotatable bonds is 3. The second-order valence-electron chi connectivity index (χ2n) is 6.80. The van der Waals surface area contributed by atoms with Gasteiger partial charge in [-0.2, -0.15) is 0 Å². The zero-order valence-electron chi connectivity index (χ0n) is 12.4. The first-order valence-electron chi connectivity index (χ1n) is 8.19. The third-order valence-corrected chi connectivity index (χ3v) is 5.47. The second-order valence-corrected chi connectivity index (χ2v) is 6.80. The Bertz CT molecular complexity index is 517. The first-order chi connectivity index (χ1) is 10.3. The number of piperazine rings is 1. The highest BCUT2D eigenvalue weighted by atomic mass is 19.1. The standard InChI is InChI=1S/C18H23FN2/c19-17-3-5-18(6-4-17)21-9-7-20(8-10-21)13-16-12-14-1-2-15(16)11-14/h1-6,14-16H,7-13H2/t14-,15+,16-/m1/s1. The molecular formula is C18H23FN2. The molecule has 1 saturated carbocycles. The Hall–Kier alpha value is -1.35. The average molecular weight is 286 g/mol. The zero-order valence-corrected chi connectivity index (χ0v) is 12.4. The Kier molecular flexibility index (Phi) is 3.46. The van der Waals surface area contributed by atoms with E-state index in [-0.39, 0.29) is 5.82 Å². The molecule has 2 fully saturated rings. The summed E-state index contributed by atoms with van der Waals surface area (Å²) in [6, 6.07) is 6.91. The minimum absolute atomic E-state index is 0.151. The van der Waals surface area contributed by atoms with Gasteiger partial charge >= 0.3 is 0 Å². The summed E-state index contributed by atoms with van der Waals surface area (Å²) in [5, 5.41) is 0. The van der Waals surface area contributed by atoms with Crippen molar-refractivity contribution in [2.75, 3.05) is 37.6 Å². The molecule has 0 unspecified atom stereocenters. The van der Waals surface area contributed by atoms with E-state index in [0.717, 1.165) is 49.6 Å². The molecule has 0 aromatic heterocycles. The van der Waals surface area contributed by atoms with Crippen LogP contribution in [0.4, 0.5) is 10.1 Å². The lowest BCUT2D eigenvalue weighted by molar-refractivity contribution is 0.204. The SMILES string of the molecule is Fc1ccc(N2CCN(C[C@H]3C[C@@H]4C=C[C@H]3C4)CC2)cc1. The van der Waals surface area contributed by atoms with Crippen LogP contribution in [0.5, 0.6) is 0 Å². The van der Waals surface area contributed by atoms with Gasteiger partial charge in [0.15, 0.2) is 0 Å². The summed E-state index contributed by atoms with van der Waals surface area (Å²) in [6.45, 7) is 5.65. The van der Waals surface area contributed by atoms with E-state index in [0.29, 0.717) is 0 Å². The van der Waals surface area contributed by atoms with Gasteiger partial charge in [-0.25, -0.2) is 4.39 Å². The van der Waals surface area contributed by atoms with Crippen LogP contribution < -0.4 is 4.90 Å².